The minimum atomic E-state index is 0.975. The van der Waals surface area contributed by atoms with Gasteiger partial charge in [-0.1, -0.05) is 130 Å². The first-order valence-corrected chi connectivity index (χ1v) is 22.2. The predicted octanol–water partition coefficient (Wildman–Crippen LogP) is 12.0. The molecule has 0 aliphatic carbocycles. The van der Waals surface area contributed by atoms with Gasteiger partial charge in [-0.2, -0.15) is 0 Å². The lowest BCUT2D eigenvalue weighted by atomic mass is 10.1. The van der Waals surface area contributed by atoms with E-state index in [4.69, 9.17) is 0 Å². The largest absolute Gasteiger partial charge is 0.121 e. The SMILES string of the molecule is CSC1=C(SC)SC(=C2SC=C(C#Cc3ccccc3C#CC3=CSC(=C4SC(SC)=C(SC)S4)S3)S2)S1. The summed E-state index contributed by atoms with van der Waals surface area (Å²) >= 11 is 22.1. The van der Waals surface area contributed by atoms with E-state index in [1.807, 2.05) is 106 Å². The van der Waals surface area contributed by atoms with E-state index in [0.717, 1.165) is 20.9 Å². The zero-order chi connectivity index (χ0) is 26.5. The van der Waals surface area contributed by atoms with Crippen LogP contribution in [0.3, 0.4) is 0 Å². The highest BCUT2D eigenvalue weighted by Gasteiger charge is 2.27. The summed E-state index contributed by atoms with van der Waals surface area (Å²) in [5, 5.41) is 4.35. The van der Waals surface area contributed by atoms with E-state index in [1.165, 1.54) is 33.9 Å². The molecule has 1 aromatic rings. The third-order valence-electron chi connectivity index (χ3n) is 4.67. The summed E-state index contributed by atoms with van der Waals surface area (Å²) in [6.07, 6.45) is 8.62. The van der Waals surface area contributed by atoms with Gasteiger partial charge in [0.1, 0.15) is 0 Å². The molecule has 4 aliphatic rings. The van der Waals surface area contributed by atoms with Crippen LogP contribution in [0.15, 0.2) is 78.8 Å². The molecule has 4 aliphatic heterocycles. The standard InChI is InChI=1S/C26H18S12/c1-27-19-20(28-2)36-25(35-19)23-31-13-17(33-23)11-9-15-7-5-6-8-16(15)10-12-18-14-32-24(34-18)26-37-21(29-3)22(30-4)38-26/h5-8,13-14H,1-4H3. The number of allylic oxidation sites excluding steroid dienone is 2. The predicted molar refractivity (Wildman–Crippen MR) is 199 cm³/mol. The minimum absolute atomic E-state index is 0.975. The molecular weight excluding hydrogens is 697 g/mol. The van der Waals surface area contributed by atoms with Crippen molar-refractivity contribution in [3.63, 3.8) is 0 Å². The molecule has 0 nitrogen and oxygen atoms in total. The Kier molecular flexibility index (Phi) is 12.0. The smallest absolute Gasteiger partial charge is 0.0717 e. The molecule has 5 rings (SSSR count). The molecule has 0 atom stereocenters. The van der Waals surface area contributed by atoms with Crippen LogP contribution in [-0.2, 0) is 0 Å². The van der Waals surface area contributed by atoms with Gasteiger partial charge >= 0.3 is 0 Å². The molecule has 1 aromatic carbocycles. The highest BCUT2D eigenvalue weighted by Crippen LogP contribution is 2.62. The lowest BCUT2D eigenvalue weighted by molar-refractivity contribution is 1.59. The van der Waals surface area contributed by atoms with Crippen LogP contribution >= 0.6 is 141 Å². The molecule has 0 amide bonds. The lowest BCUT2D eigenvalue weighted by Crippen LogP contribution is -1.82. The maximum atomic E-state index is 3.40. The quantitative estimate of drug-likeness (QED) is 0.273. The summed E-state index contributed by atoms with van der Waals surface area (Å²) in [4.78, 5) is 2.20. The fourth-order valence-corrected chi connectivity index (χ4v) is 17.7. The normalized spacial score (nSPS) is 19.2. The number of thioether (sulfide) groups is 12. The van der Waals surface area contributed by atoms with Crippen LogP contribution in [0.1, 0.15) is 11.1 Å². The van der Waals surface area contributed by atoms with Gasteiger partial charge in [0, 0.05) is 11.1 Å². The van der Waals surface area contributed by atoms with Crippen molar-refractivity contribution < 1.29 is 0 Å². The van der Waals surface area contributed by atoms with Crippen molar-refractivity contribution in [2.75, 3.05) is 25.0 Å². The molecule has 0 N–H and O–H groups in total. The Balaban J connectivity index is 1.24. The minimum Gasteiger partial charge on any atom is -0.121 e. The average Bonchev–Trinajstić information content (AvgIpc) is 3.75. The Labute approximate surface area is 276 Å². The van der Waals surface area contributed by atoms with Crippen LogP contribution < -0.4 is 0 Å². The highest BCUT2D eigenvalue weighted by molar-refractivity contribution is 8.43. The topological polar surface area (TPSA) is 0 Å². The molecule has 0 aromatic heterocycles. The fourth-order valence-electron chi connectivity index (χ4n) is 2.97. The van der Waals surface area contributed by atoms with Gasteiger partial charge in [0.15, 0.2) is 0 Å². The van der Waals surface area contributed by atoms with E-state index in [2.05, 4.69) is 71.7 Å². The van der Waals surface area contributed by atoms with E-state index >= 15 is 0 Å². The summed E-state index contributed by atoms with van der Waals surface area (Å²) in [6.45, 7) is 0. The Hall–Kier alpha value is 0.980. The van der Waals surface area contributed by atoms with E-state index in [-0.39, 0.29) is 0 Å². The molecule has 4 heterocycles. The number of benzene rings is 1. The number of rotatable bonds is 4. The molecule has 0 bridgehead atoms. The van der Waals surface area contributed by atoms with Gasteiger partial charge in [0.05, 0.1) is 43.7 Å². The maximum absolute atomic E-state index is 3.40. The van der Waals surface area contributed by atoms with E-state index in [0.29, 0.717) is 0 Å². The zero-order valence-corrected chi connectivity index (χ0v) is 30.2. The maximum Gasteiger partial charge on any atom is 0.0717 e. The Bertz CT molecular complexity index is 1320. The fraction of sp³-hybridized carbons (Fsp3) is 0.154. The highest BCUT2D eigenvalue weighted by atomic mass is 32.3. The van der Waals surface area contributed by atoms with Crippen LogP contribution in [0.5, 0.6) is 0 Å². The van der Waals surface area contributed by atoms with Gasteiger partial charge in [-0.05, 0) is 48.0 Å². The van der Waals surface area contributed by atoms with Crippen LogP contribution in [0.2, 0.25) is 0 Å². The number of hydrogen-bond donors (Lipinski definition) is 0. The van der Waals surface area contributed by atoms with Gasteiger partial charge in [-0.3, -0.25) is 0 Å². The molecule has 12 heteroatoms. The van der Waals surface area contributed by atoms with Crippen LogP contribution in [0.25, 0.3) is 0 Å². The molecule has 0 unspecified atom stereocenters. The van der Waals surface area contributed by atoms with Gasteiger partial charge < -0.3 is 0 Å². The summed E-state index contributed by atoms with van der Waals surface area (Å²) in [7, 11) is 0. The first-order chi connectivity index (χ1) is 18.6. The van der Waals surface area contributed by atoms with E-state index < -0.39 is 0 Å². The van der Waals surface area contributed by atoms with Crippen LogP contribution in [-0.4, -0.2) is 25.0 Å². The summed E-state index contributed by atoms with van der Waals surface area (Å²) in [5.74, 6) is 13.6. The molecule has 0 fully saturated rings. The van der Waals surface area contributed by atoms with Crippen LogP contribution in [0, 0.1) is 23.7 Å². The number of hydrogen-bond acceptors (Lipinski definition) is 12. The van der Waals surface area contributed by atoms with Crippen molar-refractivity contribution in [1.82, 2.24) is 0 Å². The second kappa shape index (κ2) is 14.9. The van der Waals surface area contributed by atoms with Crippen molar-refractivity contribution in [2.24, 2.45) is 0 Å². The zero-order valence-electron chi connectivity index (χ0n) is 20.4. The van der Waals surface area contributed by atoms with Gasteiger partial charge in [-0.25, -0.2) is 0 Å². The monoisotopic (exact) mass is 714 g/mol. The molecule has 0 saturated carbocycles. The summed E-state index contributed by atoms with van der Waals surface area (Å²) < 4.78 is 11.0. The lowest BCUT2D eigenvalue weighted by Gasteiger charge is -2.01. The second-order valence-electron chi connectivity index (χ2n) is 6.97. The van der Waals surface area contributed by atoms with Crippen LogP contribution in [0.4, 0.5) is 0 Å². The second-order valence-corrected chi connectivity index (χ2v) is 20.3. The molecule has 0 spiro atoms. The molecule has 194 valence electrons. The third kappa shape index (κ3) is 7.48. The van der Waals surface area contributed by atoms with E-state index in [1.54, 1.807) is 47.0 Å². The Morgan fingerprint density at radius 1 is 0.474 bits per heavy atom. The first kappa shape index (κ1) is 30.4. The average molecular weight is 715 g/mol. The summed E-state index contributed by atoms with van der Waals surface area (Å²) in [6, 6.07) is 8.20. The van der Waals surface area contributed by atoms with Crippen molar-refractivity contribution >= 4 is 141 Å². The Morgan fingerprint density at radius 2 is 0.842 bits per heavy atom. The van der Waals surface area contributed by atoms with Crippen molar-refractivity contribution in [2.45, 2.75) is 0 Å². The summed E-state index contributed by atoms with van der Waals surface area (Å²) in [5.41, 5.74) is 1.95. The molecule has 0 radical (unpaired) electrons. The molecule has 0 saturated heterocycles. The third-order valence-corrected chi connectivity index (χ3v) is 20.7. The van der Waals surface area contributed by atoms with Crippen molar-refractivity contribution in [3.05, 3.63) is 89.9 Å². The molecular formula is C26H18S12. The van der Waals surface area contributed by atoms with E-state index in [9.17, 15) is 0 Å². The van der Waals surface area contributed by atoms with Gasteiger partial charge in [0.25, 0.3) is 0 Å². The van der Waals surface area contributed by atoms with Crippen molar-refractivity contribution in [3.8, 4) is 23.7 Å². The van der Waals surface area contributed by atoms with Gasteiger partial charge in [-0.15, -0.1) is 47.0 Å². The Morgan fingerprint density at radius 3 is 1.18 bits per heavy atom. The molecule has 38 heavy (non-hydrogen) atoms. The van der Waals surface area contributed by atoms with Gasteiger partial charge in [0.2, 0.25) is 0 Å². The van der Waals surface area contributed by atoms with Crippen molar-refractivity contribution in [1.29, 1.82) is 0 Å². The first-order valence-electron chi connectivity index (χ1n) is 10.7.